The summed E-state index contributed by atoms with van der Waals surface area (Å²) in [5.74, 6) is -1.66. The van der Waals surface area contributed by atoms with Crippen molar-refractivity contribution in [2.75, 3.05) is 11.9 Å². The monoisotopic (exact) mass is 556 g/mol. The van der Waals surface area contributed by atoms with E-state index in [1.165, 1.54) is 13.0 Å². The average molecular weight is 556 g/mol. The predicted molar refractivity (Wildman–Crippen MR) is 132 cm³/mol. The third-order valence-corrected chi connectivity index (χ3v) is 6.42. The summed E-state index contributed by atoms with van der Waals surface area (Å²) in [7, 11) is 0. The predicted octanol–water partition coefficient (Wildman–Crippen LogP) is 4.86. The van der Waals surface area contributed by atoms with E-state index in [-0.39, 0.29) is 12.5 Å². The number of nitrogens with one attached hydrogen (secondary N) is 2. The van der Waals surface area contributed by atoms with Crippen LogP contribution in [0, 0.1) is 3.57 Å². The molecule has 0 radical (unpaired) electrons. The molecule has 3 aromatic carbocycles. The molecule has 8 heteroatoms. The normalized spacial score (nSPS) is 12.9. The molecule has 0 heterocycles. The van der Waals surface area contributed by atoms with Crippen molar-refractivity contribution in [3.63, 3.8) is 0 Å². The Balaban J connectivity index is 1.41. The number of carbonyl (C=O) groups is 3. The summed E-state index contributed by atoms with van der Waals surface area (Å²) in [5.41, 5.74) is 5.37. The Labute approximate surface area is 204 Å². The minimum Gasteiger partial charge on any atom is -0.480 e. The molecule has 3 aromatic rings. The molecule has 1 aliphatic rings. The molecule has 0 aromatic heterocycles. The van der Waals surface area contributed by atoms with Crippen LogP contribution in [0.25, 0.3) is 11.1 Å². The number of rotatable bonds is 6. The molecule has 33 heavy (non-hydrogen) atoms. The number of carboxylic acids is 1. The number of anilines is 1. The number of carboxylic acid groups (broad SMARTS) is 1. The molecule has 0 bridgehead atoms. The highest BCUT2D eigenvalue weighted by Gasteiger charge is 2.29. The fourth-order valence-electron chi connectivity index (χ4n) is 3.84. The van der Waals surface area contributed by atoms with Crippen molar-refractivity contribution in [2.45, 2.75) is 18.9 Å². The van der Waals surface area contributed by atoms with Crippen LogP contribution >= 0.6 is 22.6 Å². The van der Waals surface area contributed by atoms with Crippen molar-refractivity contribution < 1.29 is 24.2 Å². The van der Waals surface area contributed by atoms with Crippen molar-refractivity contribution in [3.8, 4) is 11.1 Å². The Morgan fingerprint density at radius 3 is 2.18 bits per heavy atom. The molecule has 4 rings (SSSR count). The summed E-state index contributed by atoms with van der Waals surface area (Å²) < 4.78 is 6.18. The minimum atomic E-state index is -1.12. The number of ether oxygens (including phenoxy) is 1. The van der Waals surface area contributed by atoms with Gasteiger partial charge in [0.25, 0.3) is 5.91 Å². The lowest BCUT2D eigenvalue weighted by molar-refractivity contribution is -0.138. The zero-order valence-electron chi connectivity index (χ0n) is 17.7. The van der Waals surface area contributed by atoms with E-state index in [9.17, 15) is 14.4 Å². The van der Waals surface area contributed by atoms with Gasteiger partial charge in [-0.1, -0.05) is 48.5 Å². The van der Waals surface area contributed by atoms with E-state index in [1.54, 1.807) is 12.1 Å². The molecular weight excluding hydrogens is 535 g/mol. The van der Waals surface area contributed by atoms with E-state index in [0.29, 0.717) is 14.8 Å². The second-order valence-electron chi connectivity index (χ2n) is 7.68. The molecule has 0 unspecified atom stereocenters. The molecule has 3 N–H and O–H groups in total. The van der Waals surface area contributed by atoms with Gasteiger partial charge in [0.15, 0.2) is 0 Å². The van der Waals surface area contributed by atoms with Crippen LogP contribution in [-0.2, 0) is 9.53 Å². The van der Waals surface area contributed by atoms with E-state index in [2.05, 4.69) is 34.9 Å². The highest BCUT2D eigenvalue weighted by Crippen LogP contribution is 2.44. The van der Waals surface area contributed by atoms with Crippen LogP contribution in [0.1, 0.15) is 34.3 Å². The van der Waals surface area contributed by atoms with Gasteiger partial charge in [-0.2, -0.15) is 0 Å². The summed E-state index contributed by atoms with van der Waals surface area (Å²) in [6.45, 7) is 1.59. The number of hydrogen-bond acceptors (Lipinski definition) is 4. The van der Waals surface area contributed by atoms with Crippen LogP contribution in [0.3, 0.4) is 0 Å². The Kier molecular flexibility index (Phi) is 6.64. The molecule has 168 valence electrons. The molecular formula is C25H21IN2O5. The van der Waals surface area contributed by atoms with Gasteiger partial charge in [-0.3, -0.25) is 14.9 Å². The molecule has 0 aliphatic heterocycles. The fourth-order valence-corrected chi connectivity index (χ4v) is 4.49. The standard InChI is InChI=1S/C25H21IN2O5/c1-14(24(30)31)27-23(29)15-10-11-22(21(26)12-15)28-25(32)33-13-20-18-8-4-2-6-16(18)17-7-3-5-9-19(17)20/h2-12,14,20H,13H2,1H3,(H,27,29)(H,28,32)(H,30,31)/t14-/m0/s1. The Morgan fingerprint density at radius 1 is 1.00 bits per heavy atom. The molecule has 2 amide bonds. The number of aliphatic carboxylic acids is 1. The molecule has 7 nitrogen and oxygen atoms in total. The second kappa shape index (κ2) is 9.62. The van der Waals surface area contributed by atoms with Gasteiger partial charge < -0.3 is 15.2 Å². The third kappa shape index (κ3) is 4.85. The van der Waals surface area contributed by atoms with Crippen molar-refractivity contribution in [2.24, 2.45) is 0 Å². The van der Waals surface area contributed by atoms with Gasteiger partial charge in [0.1, 0.15) is 12.6 Å². The van der Waals surface area contributed by atoms with E-state index in [1.807, 2.05) is 46.9 Å². The second-order valence-corrected chi connectivity index (χ2v) is 8.84. The molecule has 1 atom stereocenters. The van der Waals surface area contributed by atoms with Crippen molar-refractivity contribution in [1.29, 1.82) is 0 Å². The molecule has 0 saturated carbocycles. The number of amides is 2. The zero-order chi connectivity index (χ0) is 23.5. The molecule has 0 saturated heterocycles. The number of halogens is 1. The van der Waals surface area contributed by atoms with Gasteiger partial charge in [-0.25, -0.2) is 4.79 Å². The van der Waals surface area contributed by atoms with Gasteiger partial charge >= 0.3 is 12.1 Å². The Morgan fingerprint density at radius 2 is 1.61 bits per heavy atom. The molecule has 1 aliphatic carbocycles. The topological polar surface area (TPSA) is 105 Å². The lowest BCUT2D eigenvalue weighted by atomic mass is 9.98. The lowest BCUT2D eigenvalue weighted by Crippen LogP contribution is -2.38. The summed E-state index contributed by atoms with van der Waals surface area (Å²) in [6.07, 6.45) is -0.591. The maximum absolute atomic E-state index is 12.5. The smallest absolute Gasteiger partial charge is 0.411 e. The average Bonchev–Trinajstić information content (AvgIpc) is 3.12. The quantitative estimate of drug-likeness (QED) is 0.377. The van der Waals surface area contributed by atoms with Crippen LogP contribution < -0.4 is 10.6 Å². The van der Waals surface area contributed by atoms with Gasteiger partial charge in [0.05, 0.1) is 5.69 Å². The fraction of sp³-hybridized carbons (Fsp3) is 0.160. The first-order chi connectivity index (χ1) is 15.8. The maximum Gasteiger partial charge on any atom is 0.411 e. The van der Waals surface area contributed by atoms with Crippen molar-refractivity contribution in [1.82, 2.24) is 5.32 Å². The SMILES string of the molecule is C[C@H](NC(=O)c1ccc(NC(=O)OCC2c3ccccc3-c3ccccc32)c(I)c1)C(=O)O. The summed E-state index contributed by atoms with van der Waals surface area (Å²) in [6, 6.07) is 19.9. The zero-order valence-corrected chi connectivity index (χ0v) is 19.8. The van der Waals surface area contributed by atoms with E-state index >= 15 is 0 Å². The third-order valence-electron chi connectivity index (χ3n) is 5.53. The number of fused-ring (bicyclic) bond motifs is 3. The van der Waals surface area contributed by atoms with E-state index in [0.717, 1.165) is 22.3 Å². The summed E-state index contributed by atoms with van der Waals surface area (Å²) >= 11 is 2.00. The number of hydrogen-bond donors (Lipinski definition) is 3. The number of benzene rings is 3. The van der Waals surface area contributed by atoms with Crippen LogP contribution in [-0.4, -0.2) is 35.7 Å². The van der Waals surface area contributed by atoms with Gasteiger partial charge in [-0.15, -0.1) is 0 Å². The minimum absolute atomic E-state index is 0.0375. The first kappa shape index (κ1) is 22.8. The highest BCUT2D eigenvalue weighted by atomic mass is 127. The first-order valence-electron chi connectivity index (χ1n) is 10.3. The van der Waals surface area contributed by atoms with Gasteiger partial charge in [0, 0.05) is 15.1 Å². The Hall–Kier alpha value is -3.40. The van der Waals surface area contributed by atoms with E-state index in [4.69, 9.17) is 9.84 Å². The largest absolute Gasteiger partial charge is 0.480 e. The summed E-state index contributed by atoms with van der Waals surface area (Å²) in [5, 5.41) is 14.0. The molecule has 0 spiro atoms. The van der Waals surface area contributed by atoms with Crippen LogP contribution in [0.15, 0.2) is 66.7 Å². The van der Waals surface area contributed by atoms with Crippen LogP contribution in [0.5, 0.6) is 0 Å². The van der Waals surface area contributed by atoms with Gasteiger partial charge in [0.2, 0.25) is 0 Å². The van der Waals surface area contributed by atoms with Crippen molar-refractivity contribution >= 4 is 46.2 Å². The molecule has 0 fully saturated rings. The van der Waals surface area contributed by atoms with Crippen LogP contribution in [0.2, 0.25) is 0 Å². The van der Waals surface area contributed by atoms with E-state index < -0.39 is 24.0 Å². The Bertz CT molecular complexity index is 1200. The van der Waals surface area contributed by atoms with Gasteiger partial charge in [-0.05, 0) is 70.0 Å². The lowest BCUT2D eigenvalue weighted by Gasteiger charge is -2.15. The van der Waals surface area contributed by atoms with Crippen molar-refractivity contribution in [3.05, 3.63) is 87.0 Å². The first-order valence-corrected chi connectivity index (χ1v) is 11.4. The maximum atomic E-state index is 12.5. The highest BCUT2D eigenvalue weighted by molar-refractivity contribution is 14.1. The number of carbonyl (C=O) groups excluding carboxylic acids is 2. The van der Waals surface area contributed by atoms with Crippen LogP contribution in [0.4, 0.5) is 10.5 Å². The summed E-state index contributed by atoms with van der Waals surface area (Å²) in [4.78, 5) is 35.6.